The van der Waals surface area contributed by atoms with Crippen LogP contribution in [0.5, 0.6) is 0 Å². The van der Waals surface area contributed by atoms with Gasteiger partial charge in [-0.2, -0.15) is 13.2 Å². The van der Waals surface area contributed by atoms with Crippen molar-refractivity contribution in [3.63, 3.8) is 0 Å². The lowest BCUT2D eigenvalue weighted by atomic mass is 10.0. The van der Waals surface area contributed by atoms with Crippen LogP contribution in [0.2, 0.25) is 0 Å². The minimum atomic E-state index is -4.71. The van der Waals surface area contributed by atoms with Crippen molar-refractivity contribution >= 4 is 0 Å². The van der Waals surface area contributed by atoms with Crippen LogP contribution in [0, 0.1) is 0 Å². The molecular formula is C7H11F4N. The molecule has 0 spiro atoms. The average molecular weight is 185 g/mol. The minimum Gasteiger partial charge on any atom is -0.311 e. The highest BCUT2D eigenvalue weighted by Gasteiger charge is 2.45. The molecule has 5 heteroatoms. The third-order valence-corrected chi connectivity index (χ3v) is 2.01. The van der Waals surface area contributed by atoms with E-state index in [9.17, 15) is 17.6 Å². The van der Waals surface area contributed by atoms with Crippen molar-refractivity contribution in [1.82, 2.24) is 5.32 Å². The second-order valence-electron chi connectivity index (χ2n) is 3.00. The third-order valence-electron chi connectivity index (χ3n) is 2.01. The molecule has 1 fully saturated rings. The quantitative estimate of drug-likeness (QED) is 0.616. The number of piperidine rings is 1. The van der Waals surface area contributed by atoms with Crippen LogP contribution in [-0.2, 0) is 0 Å². The molecule has 2 unspecified atom stereocenters. The normalized spacial score (nSPS) is 28.5. The maximum atomic E-state index is 12.6. The number of rotatable bonds is 1. The highest BCUT2D eigenvalue weighted by molar-refractivity contribution is 4.84. The molecule has 1 aliphatic rings. The molecule has 2 atom stereocenters. The summed E-state index contributed by atoms with van der Waals surface area (Å²) in [6.45, 7) is 0.487. The lowest BCUT2D eigenvalue weighted by Gasteiger charge is -2.27. The van der Waals surface area contributed by atoms with Crippen LogP contribution in [0.4, 0.5) is 17.6 Å². The number of halogens is 4. The molecule has 0 amide bonds. The molecule has 1 saturated heterocycles. The van der Waals surface area contributed by atoms with Gasteiger partial charge >= 0.3 is 6.18 Å². The van der Waals surface area contributed by atoms with Gasteiger partial charge in [0.1, 0.15) is 0 Å². The predicted octanol–water partition coefficient (Wildman–Crippen LogP) is 2.03. The molecule has 72 valence electrons. The van der Waals surface area contributed by atoms with Gasteiger partial charge in [0.05, 0.1) is 0 Å². The Morgan fingerprint density at radius 2 is 1.92 bits per heavy atom. The first-order valence-corrected chi connectivity index (χ1v) is 3.96. The van der Waals surface area contributed by atoms with Gasteiger partial charge in [0, 0.05) is 6.04 Å². The van der Waals surface area contributed by atoms with Gasteiger partial charge in [-0.05, 0) is 19.4 Å². The topological polar surface area (TPSA) is 12.0 Å². The van der Waals surface area contributed by atoms with E-state index in [1.165, 1.54) is 0 Å². The number of nitrogens with one attached hydrogen (secondary N) is 1. The van der Waals surface area contributed by atoms with E-state index in [1.54, 1.807) is 0 Å². The van der Waals surface area contributed by atoms with Crippen molar-refractivity contribution in [2.45, 2.75) is 37.7 Å². The second-order valence-corrected chi connectivity index (χ2v) is 3.00. The molecule has 1 nitrogen and oxygen atoms in total. The Bertz CT molecular complexity index is 139. The monoisotopic (exact) mass is 185 g/mol. The van der Waals surface area contributed by atoms with E-state index >= 15 is 0 Å². The van der Waals surface area contributed by atoms with Crippen LogP contribution in [0.15, 0.2) is 0 Å². The second kappa shape index (κ2) is 3.60. The van der Waals surface area contributed by atoms with Gasteiger partial charge in [-0.15, -0.1) is 0 Å². The number of alkyl halides is 4. The molecule has 0 aromatic carbocycles. The standard InChI is InChI=1S/C7H11F4N/c8-6(7(9,10)11)5-3-1-2-4-12-5/h5-6,12H,1-4H2. The zero-order chi connectivity index (χ0) is 9.19. The summed E-state index contributed by atoms with van der Waals surface area (Å²) in [5.74, 6) is 0. The Kier molecular flexibility index (Phi) is 2.93. The molecule has 0 bridgehead atoms. The minimum absolute atomic E-state index is 0.278. The molecule has 0 saturated carbocycles. The zero-order valence-corrected chi connectivity index (χ0v) is 6.49. The summed E-state index contributed by atoms with van der Waals surface area (Å²) in [5.41, 5.74) is 0. The van der Waals surface area contributed by atoms with E-state index in [-0.39, 0.29) is 6.42 Å². The van der Waals surface area contributed by atoms with Gasteiger partial charge < -0.3 is 5.32 Å². The molecule has 1 rings (SSSR count). The van der Waals surface area contributed by atoms with E-state index in [0.717, 1.165) is 6.42 Å². The average Bonchev–Trinajstić information content (AvgIpc) is 2.03. The summed E-state index contributed by atoms with van der Waals surface area (Å²) in [5, 5.41) is 2.53. The molecule has 1 heterocycles. The Morgan fingerprint density at radius 1 is 1.25 bits per heavy atom. The summed E-state index contributed by atoms with van der Waals surface area (Å²) in [4.78, 5) is 0. The maximum Gasteiger partial charge on any atom is 0.421 e. The smallest absolute Gasteiger partial charge is 0.311 e. The van der Waals surface area contributed by atoms with Gasteiger partial charge in [-0.3, -0.25) is 0 Å². The summed E-state index contributed by atoms with van der Waals surface area (Å²) in [6, 6.07) is -1.03. The summed E-state index contributed by atoms with van der Waals surface area (Å²) >= 11 is 0. The SMILES string of the molecule is FC(C1CCCCN1)C(F)(F)F. The van der Waals surface area contributed by atoms with Gasteiger partial charge in [-0.25, -0.2) is 4.39 Å². The summed E-state index contributed by atoms with van der Waals surface area (Å²) in [6.07, 6.45) is -5.64. The van der Waals surface area contributed by atoms with E-state index in [1.807, 2.05) is 0 Å². The van der Waals surface area contributed by atoms with E-state index in [2.05, 4.69) is 5.32 Å². The molecule has 0 aromatic rings. The molecule has 12 heavy (non-hydrogen) atoms. The van der Waals surface area contributed by atoms with Crippen LogP contribution in [0.1, 0.15) is 19.3 Å². The Balaban J connectivity index is 2.45. The van der Waals surface area contributed by atoms with Crippen molar-refractivity contribution in [2.24, 2.45) is 0 Å². The molecule has 0 radical (unpaired) electrons. The van der Waals surface area contributed by atoms with Crippen molar-refractivity contribution in [3.8, 4) is 0 Å². The lowest BCUT2D eigenvalue weighted by molar-refractivity contribution is -0.189. The summed E-state index contributed by atoms with van der Waals surface area (Å²) in [7, 11) is 0. The van der Waals surface area contributed by atoms with Gasteiger partial charge in [-0.1, -0.05) is 6.42 Å². The van der Waals surface area contributed by atoms with Gasteiger partial charge in [0.2, 0.25) is 6.17 Å². The van der Waals surface area contributed by atoms with Crippen molar-refractivity contribution in [3.05, 3.63) is 0 Å². The van der Waals surface area contributed by atoms with Crippen molar-refractivity contribution < 1.29 is 17.6 Å². The fourth-order valence-corrected chi connectivity index (χ4v) is 1.36. The molecular weight excluding hydrogens is 174 g/mol. The first kappa shape index (κ1) is 9.77. The maximum absolute atomic E-state index is 12.6. The van der Waals surface area contributed by atoms with Crippen LogP contribution >= 0.6 is 0 Å². The highest BCUT2D eigenvalue weighted by atomic mass is 19.4. The lowest BCUT2D eigenvalue weighted by Crippen LogP contribution is -2.47. The van der Waals surface area contributed by atoms with Crippen LogP contribution in [0.25, 0.3) is 0 Å². The van der Waals surface area contributed by atoms with E-state index < -0.39 is 18.4 Å². The fourth-order valence-electron chi connectivity index (χ4n) is 1.36. The first-order valence-electron chi connectivity index (χ1n) is 3.96. The molecule has 0 aliphatic carbocycles. The van der Waals surface area contributed by atoms with Crippen LogP contribution < -0.4 is 5.32 Å². The first-order chi connectivity index (χ1) is 5.52. The number of hydrogen-bond acceptors (Lipinski definition) is 1. The van der Waals surface area contributed by atoms with Gasteiger partial charge in [0.15, 0.2) is 0 Å². The highest BCUT2D eigenvalue weighted by Crippen LogP contribution is 2.28. The van der Waals surface area contributed by atoms with Gasteiger partial charge in [0.25, 0.3) is 0 Å². The molecule has 1 aliphatic heterocycles. The van der Waals surface area contributed by atoms with Crippen molar-refractivity contribution in [2.75, 3.05) is 6.54 Å². The van der Waals surface area contributed by atoms with E-state index in [0.29, 0.717) is 13.0 Å². The molecule has 1 N–H and O–H groups in total. The van der Waals surface area contributed by atoms with Crippen LogP contribution in [0.3, 0.4) is 0 Å². The van der Waals surface area contributed by atoms with Crippen LogP contribution in [-0.4, -0.2) is 24.9 Å². The Hall–Kier alpha value is -0.320. The molecule has 0 aromatic heterocycles. The summed E-state index contributed by atoms with van der Waals surface area (Å²) < 4.78 is 48.1. The predicted molar refractivity (Wildman–Crippen MR) is 36.6 cm³/mol. The van der Waals surface area contributed by atoms with Crippen molar-refractivity contribution in [1.29, 1.82) is 0 Å². The fraction of sp³-hybridized carbons (Fsp3) is 1.00. The zero-order valence-electron chi connectivity index (χ0n) is 6.49. The third kappa shape index (κ3) is 2.33. The Labute approximate surface area is 68.1 Å². The largest absolute Gasteiger partial charge is 0.421 e. The number of hydrogen-bond donors (Lipinski definition) is 1. The Morgan fingerprint density at radius 3 is 2.33 bits per heavy atom. The van der Waals surface area contributed by atoms with E-state index in [4.69, 9.17) is 0 Å².